The van der Waals surface area contributed by atoms with Gasteiger partial charge in [0.25, 0.3) is 5.91 Å². The number of rotatable bonds is 8. The number of amides is 1. The standard InChI is InChI=1S/C23H27NO5/c1-17-11-18(2)13-21(12-17)28-16-23(26)29-15-22(25)24(14-20-9-6-10-27-20)19-7-4-3-5-8-19/h6-7,9-13H,3-5,8,14-16H2,1-2H3. The molecule has 6 nitrogen and oxygen atoms in total. The molecule has 0 N–H and O–H groups in total. The Balaban J connectivity index is 1.54. The summed E-state index contributed by atoms with van der Waals surface area (Å²) in [5.74, 6) is 0.453. The van der Waals surface area contributed by atoms with Crippen molar-refractivity contribution in [2.45, 2.75) is 46.1 Å². The molecule has 3 rings (SSSR count). The molecule has 0 atom stereocenters. The number of esters is 1. The van der Waals surface area contributed by atoms with Crippen LogP contribution >= 0.6 is 0 Å². The molecule has 29 heavy (non-hydrogen) atoms. The molecule has 2 aromatic rings. The highest BCUT2D eigenvalue weighted by atomic mass is 16.6. The lowest BCUT2D eigenvalue weighted by Gasteiger charge is -2.26. The minimum absolute atomic E-state index is 0.239. The van der Waals surface area contributed by atoms with E-state index in [0.29, 0.717) is 18.1 Å². The molecule has 0 bridgehead atoms. The van der Waals surface area contributed by atoms with Gasteiger partial charge in [0.15, 0.2) is 13.2 Å². The van der Waals surface area contributed by atoms with Crippen LogP contribution in [0, 0.1) is 13.8 Å². The summed E-state index contributed by atoms with van der Waals surface area (Å²) in [5, 5.41) is 0. The van der Waals surface area contributed by atoms with Crippen LogP contribution in [-0.2, 0) is 20.9 Å². The number of nitrogens with zero attached hydrogens (tertiary/aromatic N) is 1. The lowest BCUT2D eigenvalue weighted by Crippen LogP contribution is -2.34. The molecule has 0 unspecified atom stereocenters. The predicted octanol–water partition coefficient (Wildman–Crippen LogP) is 4.31. The SMILES string of the molecule is Cc1cc(C)cc(OCC(=O)OCC(=O)N(Cc2ccco2)C2=CCCCC2)c1. The Labute approximate surface area is 171 Å². The second-order valence-corrected chi connectivity index (χ2v) is 7.27. The molecule has 1 aromatic heterocycles. The number of hydrogen-bond acceptors (Lipinski definition) is 5. The van der Waals surface area contributed by atoms with Crippen molar-refractivity contribution in [3.05, 3.63) is 65.3 Å². The Morgan fingerprint density at radius 1 is 1.10 bits per heavy atom. The number of aryl methyl sites for hydroxylation is 2. The lowest BCUT2D eigenvalue weighted by molar-refractivity contribution is -0.153. The zero-order valence-electron chi connectivity index (χ0n) is 17.0. The van der Waals surface area contributed by atoms with Gasteiger partial charge in [-0.15, -0.1) is 0 Å². The molecule has 1 amide bonds. The van der Waals surface area contributed by atoms with E-state index in [1.165, 1.54) is 0 Å². The van der Waals surface area contributed by atoms with E-state index >= 15 is 0 Å². The van der Waals surface area contributed by atoms with Crippen LogP contribution in [0.2, 0.25) is 0 Å². The van der Waals surface area contributed by atoms with Gasteiger partial charge in [-0.05, 0) is 74.9 Å². The van der Waals surface area contributed by atoms with Gasteiger partial charge in [-0.3, -0.25) is 4.79 Å². The Morgan fingerprint density at radius 3 is 2.55 bits per heavy atom. The Morgan fingerprint density at radius 2 is 1.90 bits per heavy atom. The van der Waals surface area contributed by atoms with Crippen molar-refractivity contribution in [1.29, 1.82) is 0 Å². The Bertz CT molecular complexity index is 849. The fraction of sp³-hybridized carbons (Fsp3) is 0.391. The molecular formula is C23H27NO5. The Hall–Kier alpha value is -3.02. The van der Waals surface area contributed by atoms with E-state index in [2.05, 4.69) is 6.08 Å². The van der Waals surface area contributed by atoms with Gasteiger partial charge in [0.1, 0.15) is 11.5 Å². The third-order valence-corrected chi connectivity index (χ3v) is 4.72. The number of carbonyl (C=O) groups excluding carboxylic acids is 2. The quantitative estimate of drug-likeness (QED) is 0.621. The van der Waals surface area contributed by atoms with E-state index < -0.39 is 5.97 Å². The highest BCUT2D eigenvalue weighted by molar-refractivity contribution is 5.82. The van der Waals surface area contributed by atoms with Crippen LogP contribution < -0.4 is 4.74 Å². The molecule has 0 spiro atoms. The third-order valence-electron chi connectivity index (χ3n) is 4.72. The summed E-state index contributed by atoms with van der Waals surface area (Å²) < 4.78 is 16.1. The van der Waals surface area contributed by atoms with Gasteiger partial charge in [0.05, 0.1) is 12.8 Å². The van der Waals surface area contributed by atoms with Gasteiger partial charge in [-0.25, -0.2) is 4.79 Å². The van der Waals surface area contributed by atoms with Crippen LogP contribution in [0.15, 0.2) is 52.8 Å². The molecular weight excluding hydrogens is 370 g/mol. The van der Waals surface area contributed by atoms with Crippen molar-refractivity contribution in [1.82, 2.24) is 4.90 Å². The molecule has 0 saturated heterocycles. The first kappa shape index (κ1) is 20.7. The van der Waals surface area contributed by atoms with E-state index in [0.717, 1.165) is 42.5 Å². The van der Waals surface area contributed by atoms with E-state index in [1.54, 1.807) is 17.2 Å². The molecule has 154 valence electrons. The maximum absolute atomic E-state index is 12.8. The summed E-state index contributed by atoms with van der Waals surface area (Å²) in [6, 6.07) is 9.35. The van der Waals surface area contributed by atoms with E-state index in [-0.39, 0.29) is 19.1 Å². The first-order chi connectivity index (χ1) is 14.0. The fourth-order valence-electron chi connectivity index (χ4n) is 3.39. The summed E-state index contributed by atoms with van der Waals surface area (Å²) in [5.41, 5.74) is 3.07. The zero-order chi connectivity index (χ0) is 20.6. The van der Waals surface area contributed by atoms with Crippen LogP contribution in [0.4, 0.5) is 0 Å². The number of carbonyl (C=O) groups is 2. The summed E-state index contributed by atoms with van der Waals surface area (Å²) in [7, 11) is 0. The van der Waals surface area contributed by atoms with Gasteiger partial charge in [-0.2, -0.15) is 0 Å². The van der Waals surface area contributed by atoms with Gasteiger partial charge >= 0.3 is 5.97 Å². The van der Waals surface area contributed by atoms with Crippen molar-refractivity contribution in [3.8, 4) is 5.75 Å². The molecule has 1 heterocycles. The monoisotopic (exact) mass is 397 g/mol. The maximum atomic E-state index is 12.8. The molecule has 0 aliphatic heterocycles. The normalized spacial score (nSPS) is 13.5. The van der Waals surface area contributed by atoms with Crippen LogP contribution in [0.5, 0.6) is 5.75 Å². The van der Waals surface area contributed by atoms with Crippen molar-refractivity contribution in [2.75, 3.05) is 13.2 Å². The highest BCUT2D eigenvalue weighted by Crippen LogP contribution is 2.23. The third kappa shape index (κ3) is 6.24. The smallest absolute Gasteiger partial charge is 0.344 e. The van der Waals surface area contributed by atoms with Crippen LogP contribution in [-0.4, -0.2) is 30.0 Å². The van der Waals surface area contributed by atoms with E-state index in [4.69, 9.17) is 13.9 Å². The average Bonchev–Trinajstić information content (AvgIpc) is 3.22. The number of hydrogen-bond donors (Lipinski definition) is 0. The number of benzene rings is 1. The number of furan rings is 1. The van der Waals surface area contributed by atoms with Gasteiger partial charge in [0.2, 0.25) is 0 Å². The fourth-order valence-corrected chi connectivity index (χ4v) is 3.39. The summed E-state index contributed by atoms with van der Waals surface area (Å²) >= 11 is 0. The van der Waals surface area contributed by atoms with Crippen molar-refractivity contribution in [2.24, 2.45) is 0 Å². The molecule has 6 heteroatoms. The molecule has 0 saturated carbocycles. The molecule has 1 aliphatic carbocycles. The van der Waals surface area contributed by atoms with Crippen LogP contribution in [0.25, 0.3) is 0 Å². The second-order valence-electron chi connectivity index (χ2n) is 7.27. The molecule has 0 fully saturated rings. The van der Waals surface area contributed by atoms with Crippen LogP contribution in [0.3, 0.4) is 0 Å². The summed E-state index contributed by atoms with van der Waals surface area (Å²) in [6.45, 7) is 3.69. The highest BCUT2D eigenvalue weighted by Gasteiger charge is 2.22. The first-order valence-corrected chi connectivity index (χ1v) is 9.90. The summed E-state index contributed by atoms with van der Waals surface area (Å²) in [6.07, 6.45) is 7.60. The largest absolute Gasteiger partial charge is 0.482 e. The predicted molar refractivity (Wildman–Crippen MR) is 108 cm³/mol. The summed E-state index contributed by atoms with van der Waals surface area (Å²) in [4.78, 5) is 26.5. The molecule has 0 radical (unpaired) electrons. The zero-order valence-corrected chi connectivity index (χ0v) is 17.0. The van der Waals surface area contributed by atoms with E-state index in [9.17, 15) is 9.59 Å². The first-order valence-electron chi connectivity index (χ1n) is 9.90. The van der Waals surface area contributed by atoms with Crippen LogP contribution in [0.1, 0.15) is 42.6 Å². The topological polar surface area (TPSA) is 69.0 Å². The molecule has 1 aromatic carbocycles. The van der Waals surface area contributed by atoms with Gasteiger partial charge in [-0.1, -0.05) is 12.1 Å². The van der Waals surface area contributed by atoms with E-state index in [1.807, 2.05) is 38.1 Å². The number of ether oxygens (including phenoxy) is 2. The minimum atomic E-state index is -0.576. The van der Waals surface area contributed by atoms with Crippen molar-refractivity contribution < 1.29 is 23.5 Å². The number of allylic oxidation sites excluding steroid dienone is 2. The minimum Gasteiger partial charge on any atom is -0.482 e. The van der Waals surface area contributed by atoms with Crippen molar-refractivity contribution >= 4 is 11.9 Å². The maximum Gasteiger partial charge on any atom is 0.344 e. The van der Waals surface area contributed by atoms with Gasteiger partial charge < -0.3 is 18.8 Å². The average molecular weight is 397 g/mol. The second kappa shape index (κ2) is 9.96. The lowest BCUT2D eigenvalue weighted by atomic mass is 10.0. The molecule has 1 aliphatic rings. The van der Waals surface area contributed by atoms with Crippen molar-refractivity contribution in [3.63, 3.8) is 0 Å². The van der Waals surface area contributed by atoms with Gasteiger partial charge in [0, 0.05) is 5.70 Å². The Kier molecular flexibility index (Phi) is 7.11.